The van der Waals surface area contributed by atoms with Crippen molar-refractivity contribution in [2.45, 2.75) is 71.4 Å². The fraction of sp³-hybridized carbons (Fsp3) is 0.867. The molecular formula is C15H28N2O3. The zero-order valence-electron chi connectivity index (χ0n) is 12.9. The molecule has 5 heteroatoms. The third-order valence-corrected chi connectivity index (χ3v) is 4.12. The quantitative estimate of drug-likeness (QED) is 0.763. The van der Waals surface area contributed by atoms with Crippen LogP contribution in [0.4, 0.5) is 4.79 Å². The van der Waals surface area contributed by atoms with Crippen molar-refractivity contribution in [3.63, 3.8) is 0 Å². The molecule has 2 amide bonds. The maximum absolute atomic E-state index is 12.3. The van der Waals surface area contributed by atoms with E-state index in [2.05, 4.69) is 12.2 Å². The Morgan fingerprint density at radius 2 is 1.90 bits per heavy atom. The van der Waals surface area contributed by atoms with Gasteiger partial charge in [-0.15, -0.1) is 0 Å². The lowest BCUT2D eigenvalue weighted by Gasteiger charge is -2.30. The summed E-state index contributed by atoms with van der Waals surface area (Å²) in [4.78, 5) is 24.6. The van der Waals surface area contributed by atoms with Crippen LogP contribution in [0.15, 0.2) is 0 Å². The first-order valence-corrected chi connectivity index (χ1v) is 7.70. The second-order valence-corrected chi connectivity index (χ2v) is 6.10. The SMILES string of the molecule is CC1CCCCCC1NC(=O)N(CCC(=O)O)C(C)C. The van der Waals surface area contributed by atoms with Gasteiger partial charge in [-0.3, -0.25) is 4.79 Å². The van der Waals surface area contributed by atoms with Crippen molar-refractivity contribution in [1.82, 2.24) is 10.2 Å². The number of urea groups is 1. The molecule has 0 radical (unpaired) electrons. The Balaban J connectivity index is 2.57. The summed E-state index contributed by atoms with van der Waals surface area (Å²) in [6.07, 6.45) is 5.81. The van der Waals surface area contributed by atoms with Crippen molar-refractivity contribution >= 4 is 12.0 Å². The summed E-state index contributed by atoms with van der Waals surface area (Å²) in [6, 6.07) is 0.103. The van der Waals surface area contributed by atoms with E-state index in [4.69, 9.17) is 5.11 Å². The standard InChI is InChI=1S/C15H28N2O3/c1-11(2)17(10-9-14(18)19)15(20)16-13-8-6-4-5-7-12(13)3/h11-13H,4-10H2,1-3H3,(H,16,20)(H,18,19). The van der Waals surface area contributed by atoms with E-state index in [0.29, 0.717) is 5.92 Å². The number of hydrogen-bond donors (Lipinski definition) is 2. The van der Waals surface area contributed by atoms with Gasteiger partial charge in [0.2, 0.25) is 0 Å². The van der Waals surface area contributed by atoms with Gasteiger partial charge in [-0.25, -0.2) is 4.79 Å². The van der Waals surface area contributed by atoms with Crippen LogP contribution in [0, 0.1) is 5.92 Å². The molecule has 20 heavy (non-hydrogen) atoms. The van der Waals surface area contributed by atoms with Crippen LogP contribution in [0.1, 0.15) is 59.3 Å². The van der Waals surface area contributed by atoms with Crippen LogP contribution in [0.3, 0.4) is 0 Å². The van der Waals surface area contributed by atoms with Gasteiger partial charge in [-0.1, -0.05) is 26.2 Å². The molecule has 5 nitrogen and oxygen atoms in total. The Labute approximate surface area is 121 Å². The number of hydrogen-bond acceptors (Lipinski definition) is 2. The Morgan fingerprint density at radius 3 is 2.50 bits per heavy atom. The summed E-state index contributed by atoms with van der Waals surface area (Å²) in [5.74, 6) is -0.374. The van der Waals surface area contributed by atoms with Gasteiger partial charge < -0.3 is 15.3 Å². The minimum absolute atomic E-state index is 0.00811. The Morgan fingerprint density at radius 1 is 1.25 bits per heavy atom. The third-order valence-electron chi connectivity index (χ3n) is 4.12. The minimum atomic E-state index is -0.869. The van der Waals surface area contributed by atoms with E-state index in [-0.39, 0.29) is 31.1 Å². The molecule has 1 rings (SSSR count). The molecule has 2 atom stereocenters. The molecule has 1 saturated carbocycles. The summed E-state index contributed by atoms with van der Waals surface area (Å²) in [7, 11) is 0. The normalized spacial score (nSPS) is 23.2. The van der Waals surface area contributed by atoms with E-state index in [0.717, 1.165) is 19.3 Å². The lowest BCUT2D eigenvalue weighted by atomic mass is 9.97. The molecule has 1 aliphatic carbocycles. The van der Waals surface area contributed by atoms with E-state index >= 15 is 0 Å². The molecule has 0 aliphatic heterocycles. The zero-order chi connectivity index (χ0) is 15.1. The number of nitrogens with zero attached hydrogens (tertiary/aromatic N) is 1. The highest BCUT2D eigenvalue weighted by Crippen LogP contribution is 2.23. The molecule has 2 N–H and O–H groups in total. The number of carboxylic acid groups (broad SMARTS) is 1. The Hall–Kier alpha value is -1.26. The number of amides is 2. The van der Waals surface area contributed by atoms with Gasteiger partial charge in [0.05, 0.1) is 6.42 Å². The number of nitrogens with one attached hydrogen (secondary N) is 1. The monoisotopic (exact) mass is 284 g/mol. The summed E-state index contributed by atoms with van der Waals surface area (Å²) >= 11 is 0. The van der Waals surface area contributed by atoms with Crippen molar-refractivity contribution in [3.8, 4) is 0 Å². The van der Waals surface area contributed by atoms with Crippen LogP contribution >= 0.6 is 0 Å². The highest BCUT2D eigenvalue weighted by molar-refractivity contribution is 5.76. The van der Waals surface area contributed by atoms with Crippen LogP contribution in [0.5, 0.6) is 0 Å². The predicted molar refractivity (Wildman–Crippen MR) is 78.7 cm³/mol. The Bertz CT molecular complexity index is 331. The number of rotatable bonds is 5. The molecule has 0 aromatic carbocycles. The molecule has 2 unspecified atom stereocenters. The first kappa shape index (κ1) is 16.8. The molecular weight excluding hydrogens is 256 g/mol. The molecule has 0 saturated heterocycles. The molecule has 0 aromatic heterocycles. The van der Waals surface area contributed by atoms with Gasteiger partial charge in [0.1, 0.15) is 0 Å². The topological polar surface area (TPSA) is 69.6 Å². The van der Waals surface area contributed by atoms with E-state index in [1.54, 1.807) is 4.90 Å². The van der Waals surface area contributed by atoms with Gasteiger partial charge in [-0.2, -0.15) is 0 Å². The third kappa shape index (κ3) is 5.39. The van der Waals surface area contributed by atoms with Gasteiger partial charge in [-0.05, 0) is 32.6 Å². The van der Waals surface area contributed by atoms with Crippen LogP contribution in [0.25, 0.3) is 0 Å². The molecule has 0 heterocycles. The second-order valence-electron chi connectivity index (χ2n) is 6.10. The van der Waals surface area contributed by atoms with E-state index in [1.165, 1.54) is 12.8 Å². The summed E-state index contributed by atoms with van der Waals surface area (Å²) in [6.45, 7) is 6.28. The molecule has 0 spiro atoms. The largest absolute Gasteiger partial charge is 0.481 e. The summed E-state index contributed by atoms with van der Waals surface area (Å²) in [5.41, 5.74) is 0. The zero-order valence-corrected chi connectivity index (χ0v) is 12.9. The van der Waals surface area contributed by atoms with Crippen LogP contribution in [0.2, 0.25) is 0 Å². The maximum atomic E-state index is 12.3. The lowest BCUT2D eigenvalue weighted by molar-refractivity contribution is -0.137. The molecule has 0 bridgehead atoms. The smallest absolute Gasteiger partial charge is 0.317 e. The fourth-order valence-electron chi connectivity index (χ4n) is 2.76. The summed E-state index contributed by atoms with van der Waals surface area (Å²) < 4.78 is 0. The lowest BCUT2D eigenvalue weighted by Crippen LogP contribution is -2.49. The molecule has 0 aromatic rings. The van der Waals surface area contributed by atoms with Crippen molar-refractivity contribution in [3.05, 3.63) is 0 Å². The number of carbonyl (C=O) groups excluding carboxylic acids is 1. The van der Waals surface area contributed by atoms with Gasteiger partial charge >= 0.3 is 12.0 Å². The number of aliphatic carboxylic acids is 1. The highest BCUT2D eigenvalue weighted by Gasteiger charge is 2.25. The average Bonchev–Trinajstić information content (AvgIpc) is 2.54. The first-order chi connectivity index (χ1) is 9.41. The number of carbonyl (C=O) groups is 2. The summed E-state index contributed by atoms with van der Waals surface area (Å²) in [5, 5.41) is 11.9. The van der Waals surface area contributed by atoms with E-state index < -0.39 is 5.97 Å². The van der Waals surface area contributed by atoms with E-state index in [9.17, 15) is 9.59 Å². The maximum Gasteiger partial charge on any atom is 0.317 e. The predicted octanol–water partition coefficient (Wildman–Crippen LogP) is 2.85. The van der Waals surface area contributed by atoms with Crippen LogP contribution < -0.4 is 5.32 Å². The highest BCUT2D eigenvalue weighted by atomic mass is 16.4. The van der Waals surface area contributed by atoms with Crippen molar-refractivity contribution in [2.24, 2.45) is 5.92 Å². The fourth-order valence-corrected chi connectivity index (χ4v) is 2.76. The molecule has 116 valence electrons. The molecule has 1 aliphatic rings. The van der Waals surface area contributed by atoms with Crippen molar-refractivity contribution in [2.75, 3.05) is 6.54 Å². The van der Waals surface area contributed by atoms with Gasteiger partial charge in [0, 0.05) is 18.6 Å². The van der Waals surface area contributed by atoms with Crippen LogP contribution in [-0.2, 0) is 4.79 Å². The van der Waals surface area contributed by atoms with Crippen molar-refractivity contribution < 1.29 is 14.7 Å². The average molecular weight is 284 g/mol. The first-order valence-electron chi connectivity index (χ1n) is 7.70. The Kier molecular flexibility index (Phi) is 6.82. The van der Waals surface area contributed by atoms with E-state index in [1.807, 2.05) is 13.8 Å². The van der Waals surface area contributed by atoms with Crippen LogP contribution in [-0.4, -0.2) is 40.6 Å². The van der Waals surface area contributed by atoms with Gasteiger partial charge in [0.15, 0.2) is 0 Å². The van der Waals surface area contributed by atoms with Gasteiger partial charge in [0.25, 0.3) is 0 Å². The second kappa shape index (κ2) is 8.12. The number of carboxylic acids is 1. The molecule has 1 fully saturated rings. The minimum Gasteiger partial charge on any atom is -0.481 e. The van der Waals surface area contributed by atoms with Crippen molar-refractivity contribution in [1.29, 1.82) is 0 Å².